The van der Waals surface area contributed by atoms with E-state index in [1.165, 1.54) is 12.8 Å². The number of amides is 1. The maximum atomic E-state index is 12.1. The second-order valence-electron chi connectivity index (χ2n) is 5.24. The van der Waals surface area contributed by atoms with Gasteiger partial charge in [-0.2, -0.15) is 0 Å². The van der Waals surface area contributed by atoms with Gasteiger partial charge in [-0.3, -0.25) is 4.79 Å². The molecule has 0 unspecified atom stereocenters. The van der Waals surface area contributed by atoms with Crippen LogP contribution in [0.4, 0.5) is 0 Å². The van der Waals surface area contributed by atoms with E-state index in [0.717, 1.165) is 41.8 Å². The molecule has 2 aliphatic rings. The third-order valence-corrected chi connectivity index (χ3v) is 5.01. The van der Waals surface area contributed by atoms with Gasteiger partial charge in [0.05, 0.1) is 6.61 Å². The van der Waals surface area contributed by atoms with Crippen LogP contribution in [-0.4, -0.2) is 24.4 Å². The summed E-state index contributed by atoms with van der Waals surface area (Å²) in [6.07, 6.45) is 3.31. The molecule has 4 heteroatoms. The molecule has 3 nitrogen and oxygen atoms in total. The second-order valence-corrected chi connectivity index (χ2v) is 5.80. The Hall–Kier alpha value is -1.03. The fraction of sp³-hybridized carbons (Fsp3) is 0.500. The van der Waals surface area contributed by atoms with Gasteiger partial charge in [0, 0.05) is 23.9 Å². The molecule has 0 atom stereocenters. The lowest BCUT2D eigenvalue weighted by atomic mass is 10.1. The topological polar surface area (TPSA) is 38.3 Å². The number of hydrogen-bond acceptors (Lipinski definition) is 2. The fourth-order valence-electron chi connectivity index (χ4n) is 2.23. The summed E-state index contributed by atoms with van der Waals surface area (Å²) in [7, 11) is 0. The molecule has 1 N–H and O–H groups in total. The van der Waals surface area contributed by atoms with Crippen molar-refractivity contribution < 1.29 is 9.53 Å². The van der Waals surface area contributed by atoms with Gasteiger partial charge in [-0.15, -0.1) is 0 Å². The molecule has 96 valence electrons. The quantitative estimate of drug-likeness (QED) is 0.868. The van der Waals surface area contributed by atoms with Gasteiger partial charge in [0.25, 0.3) is 5.91 Å². The Kier molecular flexibility index (Phi) is 3.06. The number of carbonyl (C=O) groups is 1. The van der Waals surface area contributed by atoms with Crippen molar-refractivity contribution in [2.75, 3.05) is 18.5 Å². The summed E-state index contributed by atoms with van der Waals surface area (Å²) >= 11 is 3.51. The van der Waals surface area contributed by atoms with Crippen LogP contribution in [-0.2, 0) is 6.42 Å². The number of benzene rings is 1. The highest BCUT2D eigenvalue weighted by atomic mass is 79.9. The van der Waals surface area contributed by atoms with Crippen molar-refractivity contribution in [1.82, 2.24) is 5.32 Å². The highest BCUT2D eigenvalue weighted by Gasteiger charge is 2.41. The first-order chi connectivity index (χ1) is 8.72. The van der Waals surface area contributed by atoms with Crippen LogP contribution in [0.1, 0.15) is 28.8 Å². The first-order valence-corrected chi connectivity index (χ1v) is 7.45. The van der Waals surface area contributed by atoms with E-state index in [2.05, 4.69) is 21.2 Å². The van der Waals surface area contributed by atoms with Crippen LogP contribution in [0.3, 0.4) is 0 Å². The molecular formula is C14H16BrNO2. The van der Waals surface area contributed by atoms with E-state index in [4.69, 9.17) is 4.74 Å². The number of hydrogen-bond donors (Lipinski definition) is 1. The van der Waals surface area contributed by atoms with E-state index in [9.17, 15) is 4.79 Å². The maximum Gasteiger partial charge on any atom is 0.251 e. The average molecular weight is 310 g/mol. The van der Waals surface area contributed by atoms with Gasteiger partial charge in [0.2, 0.25) is 0 Å². The molecule has 1 saturated carbocycles. The molecule has 1 heterocycles. The molecule has 18 heavy (non-hydrogen) atoms. The van der Waals surface area contributed by atoms with E-state index in [0.29, 0.717) is 5.41 Å². The molecule has 3 rings (SSSR count). The van der Waals surface area contributed by atoms with Crippen LogP contribution >= 0.6 is 15.9 Å². The smallest absolute Gasteiger partial charge is 0.251 e. The van der Waals surface area contributed by atoms with Gasteiger partial charge < -0.3 is 10.1 Å². The minimum atomic E-state index is 0.0249. The number of nitrogens with one attached hydrogen (secondary N) is 1. The summed E-state index contributed by atoms with van der Waals surface area (Å²) in [6.45, 7) is 1.50. The molecule has 0 aromatic heterocycles. The van der Waals surface area contributed by atoms with Crippen molar-refractivity contribution in [2.24, 2.45) is 5.41 Å². The third-order valence-electron chi connectivity index (χ3n) is 3.82. The van der Waals surface area contributed by atoms with Crippen molar-refractivity contribution >= 4 is 21.8 Å². The van der Waals surface area contributed by atoms with Crippen LogP contribution < -0.4 is 10.1 Å². The molecule has 0 bridgehead atoms. The Morgan fingerprint density at radius 3 is 3.00 bits per heavy atom. The molecule has 0 radical (unpaired) electrons. The number of rotatable bonds is 4. The van der Waals surface area contributed by atoms with E-state index >= 15 is 0 Å². The van der Waals surface area contributed by atoms with Gasteiger partial charge in [-0.05, 0) is 42.0 Å². The van der Waals surface area contributed by atoms with E-state index in [1.54, 1.807) is 0 Å². The Bertz CT molecular complexity index is 483. The average Bonchev–Trinajstić information content (AvgIpc) is 3.04. The number of alkyl halides is 1. The predicted octanol–water partition coefficient (Wildman–Crippen LogP) is 2.53. The van der Waals surface area contributed by atoms with Crippen molar-refractivity contribution in [1.29, 1.82) is 0 Å². The summed E-state index contributed by atoms with van der Waals surface area (Å²) in [5.74, 6) is 0.947. The summed E-state index contributed by atoms with van der Waals surface area (Å²) in [6, 6.07) is 5.69. The lowest BCUT2D eigenvalue weighted by molar-refractivity contribution is 0.0946. The van der Waals surface area contributed by atoms with Crippen molar-refractivity contribution in [3.05, 3.63) is 29.3 Å². The molecular weight excluding hydrogens is 294 g/mol. The standard InChI is InChI=1S/C14H16BrNO2/c15-8-14(4-5-14)9-16-13(17)11-1-2-12-10(7-11)3-6-18-12/h1-2,7H,3-6,8-9H2,(H,16,17). The van der Waals surface area contributed by atoms with Crippen LogP contribution in [0.2, 0.25) is 0 Å². The number of ether oxygens (including phenoxy) is 1. The summed E-state index contributed by atoms with van der Waals surface area (Å²) in [5.41, 5.74) is 2.20. The minimum Gasteiger partial charge on any atom is -0.493 e. The second kappa shape index (κ2) is 4.57. The number of fused-ring (bicyclic) bond motifs is 1. The number of halogens is 1. The zero-order valence-electron chi connectivity index (χ0n) is 10.2. The Balaban J connectivity index is 1.65. The van der Waals surface area contributed by atoms with Gasteiger partial charge in [-0.1, -0.05) is 15.9 Å². The molecule has 1 aliphatic heterocycles. The van der Waals surface area contributed by atoms with Crippen molar-refractivity contribution in [2.45, 2.75) is 19.3 Å². The molecule has 1 aromatic carbocycles. The van der Waals surface area contributed by atoms with Gasteiger partial charge in [0.1, 0.15) is 5.75 Å². The summed E-state index contributed by atoms with van der Waals surface area (Å²) < 4.78 is 5.44. The minimum absolute atomic E-state index is 0.0249. The largest absolute Gasteiger partial charge is 0.493 e. The summed E-state index contributed by atoms with van der Waals surface area (Å²) in [5, 5.41) is 4.00. The van der Waals surface area contributed by atoms with Crippen LogP contribution in [0.25, 0.3) is 0 Å². The van der Waals surface area contributed by atoms with E-state index in [-0.39, 0.29) is 5.91 Å². The molecule has 1 amide bonds. The van der Waals surface area contributed by atoms with Crippen molar-refractivity contribution in [3.63, 3.8) is 0 Å². The molecule has 1 aromatic rings. The van der Waals surface area contributed by atoms with Crippen LogP contribution in [0, 0.1) is 5.41 Å². The monoisotopic (exact) mass is 309 g/mol. The van der Waals surface area contributed by atoms with E-state index < -0.39 is 0 Å². The molecule has 0 saturated heterocycles. The Morgan fingerprint density at radius 1 is 1.44 bits per heavy atom. The zero-order valence-corrected chi connectivity index (χ0v) is 11.8. The highest BCUT2D eigenvalue weighted by molar-refractivity contribution is 9.09. The molecule has 1 aliphatic carbocycles. The predicted molar refractivity (Wildman–Crippen MR) is 73.4 cm³/mol. The number of carbonyl (C=O) groups excluding carboxylic acids is 1. The first-order valence-electron chi connectivity index (χ1n) is 6.32. The third kappa shape index (κ3) is 2.26. The zero-order chi connectivity index (χ0) is 12.6. The van der Waals surface area contributed by atoms with Crippen molar-refractivity contribution in [3.8, 4) is 5.75 Å². The van der Waals surface area contributed by atoms with Crippen LogP contribution in [0.15, 0.2) is 18.2 Å². The molecule has 1 fully saturated rings. The lowest BCUT2D eigenvalue weighted by Crippen LogP contribution is -2.30. The lowest BCUT2D eigenvalue weighted by Gasteiger charge is -2.12. The van der Waals surface area contributed by atoms with Gasteiger partial charge >= 0.3 is 0 Å². The summed E-state index contributed by atoms with van der Waals surface area (Å²) in [4.78, 5) is 12.1. The maximum absolute atomic E-state index is 12.1. The normalized spacial score (nSPS) is 18.9. The van der Waals surface area contributed by atoms with Gasteiger partial charge in [-0.25, -0.2) is 0 Å². The molecule has 0 spiro atoms. The van der Waals surface area contributed by atoms with Crippen LogP contribution in [0.5, 0.6) is 5.75 Å². The SMILES string of the molecule is O=C(NCC1(CBr)CC1)c1ccc2c(c1)CCO2. The fourth-order valence-corrected chi connectivity index (χ4v) is 2.99. The first kappa shape index (κ1) is 12.0. The Morgan fingerprint density at radius 2 is 2.28 bits per heavy atom. The Labute approximate surface area is 115 Å². The highest BCUT2D eigenvalue weighted by Crippen LogP contribution is 2.46. The van der Waals surface area contributed by atoms with E-state index in [1.807, 2.05) is 18.2 Å². The van der Waals surface area contributed by atoms with Gasteiger partial charge in [0.15, 0.2) is 0 Å².